The smallest absolute Gasteiger partial charge is 0.161 e. The first-order valence-electron chi connectivity index (χ1n) is 6.30. The van der Waals surface area contributed by atoms with Crippen LogP contribution >= 0.6 is 0 Å². The molecule has 0 spiro atoms. The van der Waals surface area contributed by atoms with Crippen molar-refractivity contribution in [2.45, 2.75) is 13.2 Å². The number of hydrogen-bond donors (Lipinski definition) is 2. The summed E-state index contributed by atoms with van der Waals surface area (Å²) in [7, 11) is 3.40. The summed E-state index contributed by atoms with van der Waals surface area (Å²) in [6.45, 7) is 0.401. The van der Waals surface area contributed by atoms with Gasteiger partial charge < -0.3 is 19.9 Å². The molecule has 0 bridgehead atoms. The molecule has 106 valence electrons. The standard InChI is InChI=1S/C15H18N2O3/c1-16-15-8-12(5-6-17-15)10-20-13-4-3-11(9-18)7-14(13)19-2/h3-8,18H,9-10H2,1-2H3,(H,16,17). The van der Waals surface area contributed by atoms with Crippen LogP contribution in [-0.4, -0.2) is 24.2 Å². The zero-order valence-electron chi connectivity index (χ0n) is 11.6. The van der Waals surface area contributed by atoms with Gasteiger partial charge in [0.05, 0.1) is 13.7 Å². The van der Waals surface area contributed by atoms with Gasteiger partial charge in [0.1, 0.15) is 12.4 Å². The molecule has 0 radical (unpaired) electrons. The maximum atomic E-state index is 9.10. The lowest BCUT2D eigenvalue weighted by molar-refractivity contribution is 0.274. The van der Waals surface area contributed by atoms with E-state index in [2.05, 4.69) is 10.3 Å². The normalized spacial score (nSPS) is 10.2. The van der Waals surface area contributed by atoms with E-state index >= 15 is 0 Å². The largest absolute Gasteiger partial charge is 0.493 e. The third-order valence-corrected chi connectivity index (χ3v) is 2.89. The van der Waals surface area contributed by atoms with E-state index in [1.165, 1.54) is 0 Å². The highest BCUT2D eigenvalue weighted by molar-refractivity contribution is 5.43. The number of methoxy groups -OCH3 is 1. The molecule has 2 aromatic rings. The van der Waals surface area contributed by atoms with Crippen molar-refractivity contribution in [3.8, 4) is 11.5 Å². The quantitative estimate of drug-likeness (QED) is 0.845. The lowest BCUT2D eigenvalue weighted by Gasteiger charge is -2.12. The fourth-order valence-electron chi connectivity index (χ4n) is 1.79. The van der Waals surface area contributed by atoms with Crippen molar-refractivity contribution < 1.29 is 14.6 Å². The van der Waals surface area contributed by atoms with E-state index in [4.69, 9.17) is 14.6 Å². The molecule has 0 atom stereocenters. The van der Waals surface area contributed by atoms with Crippen molar-refractivity contribution in [1.82, 2.24) is 4.98 Å². The highest BCUT2D eigenvalue weighted by Crippen LogP contribution is 2.28. The van der Waals surface area contributed by atoms with Crippen LogP contribution in [0.4, 0.5) is 5.82 Å². The number of anilines is 1. The summed E-state index contributed by atoms with van der Waals surface area (Å²) in [5, 5.41) is 12.1. The Bertz CT molecular complexity index is 573. The Morgan fingerprint density at radius 1 is 1.15 bits per heavy atom. The molecular formula is C15H18N2O3. The number of hydrogen-bond acceptors (Lipinski definition) is 5. The van der Waals surface area contributed by atoms with E-state index in [0.29, 0.717) is 18.1 Å². The monoisotopic (exact) mass is 274 g/mol. The second kappa shape index (κ2) is 6.77. The van der Waals surface area contributed by atoms with Crippen LogP contribution in [0.25, 0.3) is 0 Å². The number of aliphatic hydroxyl groups is 1. The SMILES string of the molecule is CNc1cc(COc2ccc(CO)cc2OC)ccn1. The van der Waals surface area contributed by atoms with Crippen LogP contribution in [-0.2, 0) is 13.2 Å². The third-order valence-electron chi connectivity index (χ3n) is 2.89. The van der Waals surface area contributed by atoms with Gasteiger partial charge in [0.25, 0.3) is 0 Å². The van der Waals surface area contributed by atoms with Crippen molar-refractivity contribution in [1.29, 1.82) is 0 Å². The van der Waals surface area contributed by atoms with Crippen LogP contribution < -0.4 is 14.8 Å². The average molecular weight is 274 g/mol. The van der Waals surface area contributed by atoms with Crippen molar-refractivity contribution in [3.05, 3.63) is 47.7 Å². The van der Waals surface area contributed by atoms with E-state index in [1.54, 1.807) is 25.4 Å². The molecule has 0 aliphatic carbocycles. The number of nitrogens with one attached hydrogen (secondary N) is 1. The van der Waals surface area contributed by atoms with Gasteiger partial charge in [-0.25, -0.2) is 4.98 Å². The fourth-order valence-corrected chi connectivity index (χ4v) is 1.79. The highest BCUT2D eigenvalue weighted by Gasteiger charge is 2.06. The molecule has 0 aliphatic rings. The van der Waals surface area contributed by atoms with Gasteiger partial charge in [0, 0.05) is 13.2 Å². The number of pyridine rings is 1. The van der Waals surface area contributed by atoms with Gasteiger partial charge in [-0.15, -0.1) is 0 Å². The number of aromatic nitrogens is 1. The maximum absolute atomic E-state index is 9.10. The first kappa shape index (κ1) is 14.1. The van der Waals surface area contributed by atoms with Gasteiger partial charge in [-0.3, -0.25) is 0 Å². The molecule has 5 heteroatoms. The summed E-state index contributed by atoms with van der Waals surface area (Å²) in [4.78, 5) is 4.15. The first-order chi connectivity index (χ1) is 9.76. The topological polar surface area (TPSA) is 63.6 Å². The van der Waals surface area contributed by atoms with E-state index in [0.717, 1.165) is 16.9 Å². The van der Waals surface area contributed by atoms with Crippen molar-refractivity contribution in [2.75, 3.05) is 19.5 Å². The van der Waals surface area contributed by atoms with Crippen molar-refractivity contribution in [3.63, 3.8) is 0 Å². The molecule has 0 aliphatic heterocycles. The molecule has 0 saturated carbocycles. The number of benzene rings is 1. The van der Waals surface area contributed by atoms with Crippen LogP contribution in [0, 0.1) is 0 Å². The molecule has 0 saturated heterocycles. The minimum atomic E-state index is -0.0213. The van der Waals surface area contributed by atoms with Gasteiger partial charge in [0.15, 0.2) is 11.5 Å². The number of aliphatic hydroxyl groups excluding tert-OH is 1. The molecular weight excluding hydrogens is 256 g/mol. The Balaban J connectivity index is 2.10. The molecule has 1 heterocycles. The van der Waals surface area contributed by atoms with E-state index in [9.17, 15) is 0 Å². The predicted octanol–water partition coefficient (Wildman–Crippen LogP) is 2.20. The van der Waals surface area contributed by atoms with E-state index < -0.39 is 0 Å². The Kier molecular flexibility index (Phi) is 4.79. The molecule has 1 aromatic carbocycles. The molecule has 2 rings (SSSR count). The van der Waals surface area contributed by atoms with Crippen molar-refractivity contribution in [2.24, 2.45) is 0 Å². The molecule has 1 aromatic heterocycles. The Morgan fingerprint density at radius 3 is 2.70 bits per heavy atom. The molecule has 5 nitrogen and oxygen atoms in total. The van der Waals surface area contributed by atoms with Gasteiger partial charge in [-0.2, -0.15) is 0 Å². The van der Waals surface area contributed by atoms with Crippen LogP contribution in [0.3, 0.4) is 0 Å². The Labute approximate surface area is 118 Å². The van der Waals surface area contributed by atoms with Gasteiger partial charge in [-0.1, -0.05) is 6.07 Å². The van der Waals surface area contributed by atoms with E-state index in [1.807, 2.05) is 25.2 Å². The summed E-state index contributed by atoms with van der Waals surface area (Å²) in [6.07, 6.45) is 1.73. The van der Waals surface area contributed by atoms with Gasteiger partial charge >= 0.3 is 0 Å². The number of ether oxygens (including phenoxy) is 2. The second-order valence-electron chi connectivity index (χ2n) is 4.23. The molecule has 0 fully saturated rings. The summed E-state index contributed by atoms with van der Waals surface area (Å²) in [5.41, 5.74) is 1.80. The predicted molar refractivity (Wildman–Crippen MR) is 77.0 cm³/mol. The van der Waals surface area contributed by atoms with Crippen LogP contribution in [0.5, 0.6) is 11.5 Å². The van der Waals surface area contributed by atoms with Crippen LogP contribution in [0.1, 0.15) is 11.1 Å². The van der Waals surface area contributed by atoms with Crippen molar-refractivity contribution >= 4 is 5.82 Å². The fraction of sp³-hybridized carbons (Fsp3) is 0.267. The summed E-state index contributed by atoms with van der Waals surface area (Å²) >= 11 is 0. The summed E-state index contributed by atoms with van der Waals surface area (Å²) < 4.78 is 11.0. The number of nitrogens with zero attached hydrogens (tertiary/aromatic N) is 1. The average Bonchev–Trinajstić information content (AvgIpc) is 2.52. The molecule has 2 N–H and O–H groups in total. The van der Waals surface area contributed by atoms with E-state index in [-0.39, 0.29) is 6.61 Å². The lowest BCUT2D eigenvalue weighted by atomic mass is 10.2. The second-order valence-corrected chi connectivity index (χ2v) is 4.23. The summed E-state index contributed by atoms with van der Waals surface area (Å²) in [5.74, 6) is 2.06. The minimum Gasteiger partial charge on any atom is -0.493 e. The number of rotatable bonds is 6. The van der Waals surface area contributed by atoms with Gasteiger partial charge in [0.2, 0.25) is 0 Å². The molecule has 0 amide bonds. The Morgan fingerprint density at radius 2 is 2.00 bits per heavy atom. The zero-order valence-corrected chi connectivity index (χ0v) is 11.6. The molecule has 0 unspecified atom stereocenters. The van der Waals surface area contributed by atoms with Crippen LogP contribution in [0.15, 0.2) is 36.5 Å². The van der Waals surface area contributed by atoms with Crippen LogP contribution in [0.2, 0.25) is 0 Å². The van der Waals surface area contributed by atoms with Gasteiger partial charge in [-0.05, 0) is 35.4 Å². The third kappa shape index (κ3) is 3.39. The maximum Gasteiger partial charge on any atom is 0.161 e. The zero-order chi connectivity index (χ0) is 14.4. The lowest BCUT2D eigenvalue weighted by Crippen LogP contribution is -2.00. The first-order valence-corrected chi connectivity index (χ1v) is 6.30. The highest BCUT2D eigenvalue weighted by atomic mass is 16.5. The summed E-state index contributed by atoms with van der Waals surface area (Å²) in [6, 6.07) is 9.19. The molecule has 20 heavy (non-hydrogen) atoms. The minimum absolute atomic E-state index is 0.0213. The Hall–Kier alpha value is -2.27.